The highest BCUT2D eigenvalue weighted by Crippen LogP contribution is 2.04. The highest BCUT2D eigenvalue weighted by Gasteiger charge is 2.33. The Balaban J connectivity index is 4.30. The van der Waals surface area contributed by atoms with Gasteiger partial charge in [-0.2, -0.15) is 0 Å². The Morgan fingerprint density at radius 3 is 2.15 bits per heavy atom. The third kappa shape index (κ3) is 3.25. The van der Waals surface area contributed by atoms with Gasteiger partial charge in [-0.05, 0) is 0 Å². The molecule has 0 fully saturated rings. The first-order valence-corrected chi connectivity index (χ1v) is 3.45. The topological polar surface area (TPSA) is 138 Å². The zero-order valence-corrected chi connectivity index (χ0v) is 6.57. The maximum atomic E-state index is 10.5. The normalized spacial score (nSPS) is 21.2. The number of aliphatic hydroxyl groups excluding tert-OH is 5. The van der Waals surface area contributed by atoms with Crippen molar-refractivity contribution < 1.29 is 35.4 Å². The van der Waals surface area contributed by atoms with Gasteiger partial charge >= 0.3 is 5.97 Å². The first-order chi connectivity index (χ1) is 6.45. The van der Waals surface area contributed by atoms with Crippen LogP contribution in [0.1, 0.15) is 0 Å². The largest absolute Gasteiger partial charge is 0.479 e. The number of rotatable bonds is 5. The molecule has 0 saturated heterocycles. The summed E-state index contributed by atoms with van der Waals surface area (Å²) in [5.41, 5.74) is 0. The molecule has 4 atom stereocenters. The standard InChI is InChI=1S/C6H12O7/c7-1-2(8)3(9)4(10)5(11)6(12)13/h2-5,7-11H,1H2,(H,12,13)/t2-,3-,4+,5-/m1/s1/i/hD. The van der Waals surface area contributed by atoms with E-state index in [0.717, 1.165) is 0 Å². The van der Waals surface area contributed by atoms with Crippen molar-refractivity contribution in [1.82, 2.24) is 0 Å². The van der Waals surface area contributed by atoms with E-state index in [4.69, 9.17) is 27.0 Å². The molecule has 0 rings (SSSR count). The quantitative estimate of drug-likeness (QED) is 0.269. The van der Waals surface area contributed by atoms with Gasteiger partial charge in [0.1, 0.15) is 18.3 Å². The van der Waals surface area contributed by atoms with Crippen molar-refractivity contribution in [3.8, 4) is 0 Å². The van der Waals surface area contributed by atoms with E-state index < -0.39 is 37.0 Å². The van der Waals surface area contributed by atoms with Gasteiger partial charge in [0.15, 0.2) is 6.10 Å². The van der Waals surface area contributed by atoms with Gasteiger partial charge in [-0.25, -0.2) is 4.79 Å². The Kier molecular flexibility index (Phi) is 4.06. The number of aliphatic hydroxyl groups is 5. The molecule has 0 aliphatic rings. The van der Waals surface area contributed by atoms with E-state index in [-0.39, 0.29) is 0 Å². The third-order valence-electron chi connectivity index (χ3n) is 1.50. The van der Waals surface area contributed by atoms with Crippen LogP contribution in [0.15, 0.2) is 0 Å². The predicted octanol–water partition coefficient (Wildman–Crippen LogP) is -3.49. The summed E-state index contributed by atoms with van der Waals surface area (Å²) in [6.45, 7) is -0.846. The third-order valence-corrected chi connectivity index (χ3v) is 1.50. The Bertz CT molecular complexity index is 187. The van der Waals surface area contributed by atoms with Crippen LogP contribution in [0.2, 0.25) is 0 Å². The van der Waals surface area contributed by atoms with Crippen LogP contribution in [-0.2, 0) is 4.79 Å². The van der Waals surface area contributed by atoms with Gasteiger partial charge in [0.2, 0.25) is 0 Å². The average Bonchev–Trinajstić information content (AvgIpc) is 2.23. The van der Waals surface area contributed by atoms with E-state index in [2.05, 4.69) is 5.11 Å². The number of carboxylic acids is 1. The molecule has 0 aliphatic carbocycles. The second-order valence-corrected chi connectivity index (χ2v) is 2.49. The first kappa shape index (κ1) is 10.4. The lowest BCUT2D eigenvalue weighted by molar-refractivity contribution is -0.164. The number of carbonyl (C=O) groups is 1. The van der Waals surface area contributed by atoms with Crippen molar-refractivity contribution in [3.05, 3.63) is 0 Å². The molecule has 13 heavy (non-hydrogen) atoms. The molecular weight excluding hydrogens is 184 g/mol. The molecule has 7 heteroatoms. The second-order valence-electron chi connectivity index (χ2n) is 2.49. The minimum absolute atomic E-state index is 0.846. The van der Waals surface area contributed by atoms with Gasteiger partial charge in [-0.3, -0.25) is 0 Å². The molecule has 0 heterocycles. The number of hydrogen-bond donors (Lipinski definition) is 6. The molecule has 0 spiro atoms. The van der Waals surface area contributed by atoms with Gasteiger partial charge in [-0.1, -0.05) is 0 Å². The zero-order chi connectivity index (χ0) is 11.3. The SMILES string of the molecule is [2H]OC(=O)[C@H](O)[C@@H](O)[C@H](O)[C@H](O)CO. The molecule has 0 unspecified atom stereocenters. The monoisotopic (exact) mass is 197 g/mol. The van der Waals surface area contributed by atoms with Crippen LogP contribution < -0.4 is 0 Å². The fourth-order valence-corrected chi connectivity index (χ4v) is 0.662. The first-order valence-electron chi connectivity index (χ1n) is 3.86. The van der Waals surface area contributed by atoms with Crippen molar-refractivity contribution in [1.29, 1.82) is 1.43 Å². The summed E-state index contributed by atoms with van der Waals surface area (Å²) in [7, 11) is 0. The summed E-state index contributed by atoms with van der Waals surface area (Å²) >= 11 is 0. The molecule has 0 aliphatic heterocycles. The molecule has 0 aromatic rings. The van der Waals surface area contributed by atoms with Crippen LogP contribution in [0.25, 0.3) is 1.43 Å². The van der Waals surface area contributed by atoms with E-state index in [0.29, 0.717) is 0 Å². The molecule has 0 saturated carbocycles. The molecular formula is C6H12O7. The van der Waals surface area contributed by atoms with Crippen molar-refractivity contribution in [2.75, 3.05) is 6.61 Å². The van der Waals surface area contributed by atoms with Crippen molar-refractivity contribution in [2.45, 2.75) is 24.4 Å². The summed E-state index contributed by atoms with van der Waals surface area (Å²) in [4.78, 5) is 10.5. The van der Waals surface area contributed by atoms with E-state index in [1.165, 1.54) is 0 Å². The average molecular weight is 197 g/mol. The van der Waals surface area contributed by atoms with Crippen LogP contribution in [0.3, 0.4) is 0 Å². The van der Waals surface area contributed by atoms with E-state index in [9.17, 15) is 4.79 Å². The molecule has 0 bridgehead atoms. The van der Waals surface area contributed by atoms with Gasteiger partial charge in [0.05, 0.1) is 6.61 Å². The zero-order valence-electron chi connectivity index (χ0n) is 7.57. The Labute approximate surface area is 75.0 Å². The molecule has 0 radical (unpaired) electrons. The minimum atomic E-state index is -2.15. The van der Waals surface area contributed by atoms with Crippen LogP contribution in [0.5, 0.6) is 0 Å². The highest BCUT2D eigenvalue weighted by molar-refractivity contribution is 5.72. The lowest BCUT2D eigenvalue weighted by atomic mass is 10.0. The molecule has 78 valence electrons. The van der Waals surface area contributed by atoms with Crippen LogP contribution in [0.4, 0.5) is 0 Å². The Hall–Kier alpha value is -0.730. The summed E-state index contributed by atoms with van der Waals surface area (Å²) in [6, 6.07) is 0. The summed E-state index contributed by atoms with van der Waals surface area (Å²) < 4.78 is 6.11. The predicted molar refractivity (Wildman–Crippen MR) is 38.7 cm³/mol. The van der Waals surface area contributed by atoms with Crippen LogP contribution in [0, 0.1) is 0 Å². The smallest absolute Gasteiger partial charge is 0.335 e. The minimum Gasteiger partial charge on any atom is -0.479 e. The second kappa shape index (κ2) is 5.10. The fourth-order valence-electron chi connectivity index (χ4n) is 0.662. The van der Waals surface area contributed by atoms with Gasteiger partial charge < -0.3 is 30.6 Å². The molecule has 0 amide bonds. The van der Waals surface area contributed by atoms with Gasteiger partial charge in [0.25, 0.3) is 1.43 Å². The number of aliphatic carboxylic acids is 1. The van der Waals surface area contributed by atoms with Crippen molar-refractivity contribution in [2.24, 2.45) is 0 Å². The Morgan fingerprint density at radius 1 is 1.23 bits per heavy atom. The number of carboxylic acid groups (broad SMARTS) is 1. The highest BCUT2D eigenvalue weighted by atomic mass is 16.4. The van der Waals surface area contributed by atoms with Crippen molar-refractivity contribution in [3.63, 3.8) is 0 Å². The maximum absolute atomic E-state index is 10.5. The van der Waals surface area contributed by atoms with E-state index >= 15 is 0 Å². The lowest BCUT2D eigenvalue weighted by Gasteiger charge is -2.23. The molecule has 6 N–H and O–H groups in total. The van der Waals surface area contributed by atoms with Crippen LogP contribution in [-0.4, -0.2) is 67.6 Å². The van der Waals surface area contributed by atoms with Gasteiger partial charge in [0, 0.05) is 0 Å². The van der Waals surface area contributed by atoms with Crippen molar-refractivity contribution >= 4 is 5.97 Å². The van der Waals surface area contributed by atoms with Gasteiger partial charge in [-0.15, -0.1) is 0 Å². The Morgan fingerprint density at radius 2 is 1.77 bits per heavy atom. The lowest BCUT2D eigenvalue weighted by Crippen LogP contribution is -2.48. The molecule has 0 aromatic heterocycles. The molecule has 7 nitrogen and oxygen atoms in total. The van der Waals surface area contributed by atoms with E-state index in [1.54, 1.807) is 0 Å². The fraction of sp³-hybridized carbons (Fsp3) is 0.833. The number of hydrogen-bond acceptors (Lipinski definition) is 7. The summed E-state index contributed by atoms with van der Waals surface area (Å²) in [5, 5.41) is 47.5. The maximum Gasteiger partial charge on any atom is 0.335 e. The van der Waals surface area contributed by atoms with Crippen LogP contribution >= 0.6 is 0 Å². The summed E-state index contributed by atoms with van der Waals surface area (Å²) in [6.07, 6.45) is -7.79. The van der Waals surface area contributed by atoms with E-state index in [1.807, 2.05) is 0 Å². The summed E-state index contributed by atoms with van der Waals surface area (Å²) in [5.74, 6) is -1.47. The molecule has 0 aromatic carbocycles.